The topological polar surface area (TPSA) is 519 Å². The highest BCUT2D eigenvalue weighted by molar-refractivity contribution is 5.98. The van der Waals surface area contributed by atoms with Crippen molar-refractivity contribution in [3.63, 3.8) is 0 Å². The molecule has 0 saturated carbocycles. The molecule has 0 saturated heterocycles. The van der Waals surface area contributed by atoms with Gasteiger partial charge in [0.25, 0.3) is 0 Å². The Morgan fingerprint density at radius 1 is 0.519 bits per heavy atom. The summed E-state index contributed by atoms with van der Waals surface area (Å²) in [5.74, 6) is -14.4. The minimum absolute atomic E-state index is 0.00349. The van der Waals surface area contributed by atoms with Crippen molar-refractivity contribution in [3.05, 3.63) is 29.8 Å². The first-order chi connectivity index (χ1) is 37.0. The number of hydrogen-bond acceptors (Lipinski definition) is 16. The van der Waals surface area contributed by atoms with E-state index >= 15 is 0 Å². The third-order valence-electron chi connectivity index (χ3n) is 11.6. The zero-order valence-corrected chi connectivity index (χ0v) is 44.8. The van der Waals surface area contributed by atoms with Crippen molar-refractivity contribution in [1.82, 2.24) is 42.5 Å². The van der Waals surface area contributed by atoms with E-state index < -0.39 is 152 Å². The molecule has 0 unspecified atom stereocenters. The molecule has 1 aromatic carbocycles. The van der Waals surface area contributed by atoms with Gasteiger partial charge in [0, 0.05) is 25.8 Å². The molecular formula is C49H79N13O17. The average molecular weight is 1120 g/mol. The van der Waals surface area contributed by atoms with E-state index in [0.29, 0.717) is 18.4 Å². The van der Waals surface area contributed by atoms with Crippen LogP contribution < -0.4 is 65.5 Å². The average Bonchev–Trinajstić information content (AvgIpc) is 3.35. The number of amides is 8. The highest BCUT2D eigenvalue weighted by atomic mass is 16.4. The third-order valence-corrected chi connectivity index (χ3v) is 11.6. The number of unbranched alkanes of at least 4 members (excludes halogenated alkanes) is 1. The molecule has 0 spiro atoms. The van der Waals surface area contributed by atoms with Crippen LogP contribution in [0.15, 0.2) is 29.3 Å². The Bertz CT molecular complexity index is 2280. The highest BCUT2D eigenvalue weighted by Crippen LogP contribution is 2.15. The highest BCUT2D eigenvalue weighted by Gasteiger charge is 2.35. The van der Waals surface area contributed by atoms with Gasteiger partial charge in [0.1, 0.15) is 48.0 Å². The van der Waals surface area contributed by atoms with Crippen LogP contribution in [-0.4, -0.2) is 171 Å². The lowest BCUT2D eigenvalue weighted by Gasteiger charge is -2.28. The van der Waals surface area contributed by atoms with Gasteiger partial charge >= 0.3 is 23.9 Å². The second kappa shape index (κ2) is 36.0. The lowest BCUT2D eigenvalue weighted by molar-refractivity contribution is -0.144. The van der Waals surface area contributed by atoms with Crippen molar-refractivity contribution in [2.24, 2.45) is 39.8 Å². The van der Waals surface area contributed by atoms with Crippen LogP contribution in [0.3, 0.4) is 0 Å². The number of rotatable bonds is 39. The summed E-state index contributed by atoms with van der Waals surface area (Å²) in [5.41, 5.74) is 22.7. The molecule has 442 valence electrons. The van der Waals surface area contributed by atoms with Gasteiger partial charge in [-0.15, -0.1) is 0 Å². The molecule has 0 aliphatic rings. The van der Waals surface area contributed by atoms with E-state index in [2.05, 4.69) is 47.5 Å². The van der Waals surface area contributed by atoms with Crippen molar-refractivity contribution in [2.75, 3.05) is 19.6 Å². The first-order valence-corrected chi connectivity index (χ1v) is 25.6. The summed E-state index contributed by atoms with van der Waals surface area (Å²) in [4.78, 5) is 159. The van der Waals surface area contributed by atoms with Crippen molar-refractivity contribution in [1.29, 1.82) is 0 Å². The molecule has 0 heterocycles. The number of benzene rings is 1. The van der Waals surface area contributed by atoms with Gasteiger partial charge in [-0.3, -0.25) is 57.7 Å². The predicted octanol–water partition coefficient (Wildman–Crippen LogP) is -3.66. The Balaban J connectivity index is 3.64. The molecule has 0 aliphatic carbocycles. The monoisotopic (exact) mass is 1120 g/mol. The third kappa shape index (κ3) is 29.3. The van der Waals surface area contributed by atoms with Crippen LogP contribution in [0.25, 0.3) is 0 Å². The molecule has 8 amide bonds. The van der Waals surface area contributed by atoms with Crippen molar-refractivity contribution in [3.8, 4) is 5.75 Å². The van der Waals surface area contributed by atoms with Crippen LogP contribution in [0.1, 0.15) is 110 Å². The standard InChI is InChI=1S/C49H79N13O17/c1-25(2)20-33(44(74)57-30(8-5-6-18-50)42(72)60-34(21-26(3)4)45(75)59-32(48(78)79)15-17-39(67)68)61-46(76)35(22-27-10-12-28(63)13-11-27)62-43(73)31(9-7-19-54-49(52)53)58-47(77)36(23-40(69)70)56-37(64)24-55-41(71)29(51)14-16-38(65)66/h10-13,25-26,29-36,63H,5-9,14-24,50-51H2,1-4H3,(H,55,71)(H,56,64)(H,57,74)(H,58,77)(H,59,75)(H,60,72)(H,61,76)(H,62,73)(H,65,66)(H,67,68)(H,69,70)(H,78,79)(H4,52,53,54)/t29-,30-,31-,32-,33-,34-,35-,36-/m0/s1. The summed E-state index contributed by atoms with van der Waals surface area (Å²) >= 11 is 0. The van der Waals surface area contributed by atoms with Gasteiger partial charge in [-0.1, -0.05) is 39.8 Å². The first kappa shape index (κ1) is 68.9. The van der Waals surface area contributed by atoms with Gasteiger partial charge in [0.05, 0.1) is 19.0 Å². The van der Waals surface area contributed by atoms with Crippen molar-refractivity contribution in [2.45, 2.75) is 160 Å². The SMILES string of the molecule is CC(C)C[C@H](NC(=O)[C@H](CCCCN)NC(=O)[C@H](CC(C)C)NC(=O)[C@H](Cc1ccc(O)cc1)NC(=O)[C@H](CCCN=C(N)N)NC(=O)[C@H](CC(=O)O)NC(=O)CNC(=O)[C@@H](N)CCC(=O)O)C(=O)N[C@@H](CCC(=O)O)C(=O)O. The van der Waals surface area contributed by atoms with E-state index in [1.807, 2.05) is 0 Å². The maximum Gasteiger partial charge on any atom is 0.326 e. The van der Waals surface area contributed by atoms with E-state index in [9.17, 15) is 72.9 Å². The summed E-state index contributed by atoms with van der Waals surface area (Å²) < 4.78 is 0. The zero-order chi connectivity index (χ0) is 59.9. The van der Waals surface area contributed by atoms with Crippen molar-refractivity contribution < 1.29 is 83.1 Å². The molecule has 0 bridgehead atoms. The van der Waals surface area contributed by atoms with E-state index in [4.69, 9.17) is 33.1 Å². The predicted molar refractivity (Wildman–Crippen MR) is 282 cm³/mol. The van der Waals surface area contributed by atoms with Crippen LogP contribution >= 0.6 is 0 Å². The Kier molecular flexibility index (Phi) is 31.4. The maximum absolute atomic E-state index is 14.5. The number of guanidine groups is 1. The number of phenols is 1. The molecule has 0 fully saturated rings. The van der Waals surface area contributed by atoms with Gasteiger partial charge in [0.15, 0.2) is 5.96 Å². The molecule has 1 aromatic rings. The van der Waals surface area contributed by atoms with Crippen LogP contribution in [-0.2, 0) is 64.0 Å². The Morgan fingerprint density at radius 2 is 0.962 bits per heavy atom. The van der Waals surface area contributed by atoms with Gasteiger partial charge in [-0.2, -0.15) is 0 Å². The number of hydrogen-bond donors (Lipinski definition) is 17. The molecule has 79 heavy (non-hydrogen) atoms. The molecular weight excluding hydrogens is 1040 g/mol. The number of carboxylic acids is 4. The molecule has 0 aliphatic heterocycles. The summed E-state index contributed by atoms with van der Waals surface area (Å²) in [6.07, 6.45) is -2.66. The smallest absolute Gasteiger partial charge is 0.326 e. The fourth-order valence-corrected chi connectivity index (χ4v) is 7.51. The van der Waals surface area contributed by atoms with E-state index in [0.717, 1.165) is 0 Å². The number of carbonyl (C=O) groups excluding carboxylic acids is 8. The molecule has 1 rings (SSSR count). The number of carbonyl (C=O) groups is 12. The second-order valence-electron chi connectivity index (χ2n) is 19.5. The number of carboxylic acid groups (broad SMARTS) is 4. The zero-order valence-electron chi connectivity index (χ0n) is 44.8. The summed E-state index contributed by atoms with van der Waals surface area (Å²) in [6.45, 7) is 6.25. The van der Waals surface area contributed by atoms with Gasteiger partial charge in [-0.25, -0.2) is 4.79 Å². The quantitative estimate of drug-likeness (QED) is 0.0172. The summed E-state index contributed by atoms with van der Waals surface area (Å²) in [7, 11) is 0. The van der Waals surface area contributed by atoms with Gasteiger partial charge in [0.2, 0.25) is 47.3 Å². The van der Waals surface area contributed by atoms with E-state index in [1.165, 1.54) is 24.3 Å². The number of nitrogens with one attached hydrogen (secondary N) is 8. The fourth-order valence-electron chi connectivity index (χ4n) is 7.51. The first-order valence-electron chi connectivity index (χ1n) is 25.6. The largest absolute Gasteiger partial charge is 0.508 e. The van der Waals surface area contributed by atoms with Gasteiger partial charge in [-0.05, 0) is 93.9 Å². The van der Waals surface area contributed by atoms with E-state index in [-0.39, 0.29) is 81.6 Å². The number of phenolic OH excluding ortho intramolecular Hbond substituents is 1. The lowest BCUT2D eigenvalue weighted by atomic mass is 9.99. The number of nitrogens with zero attached hydrogens (tertiary/aromatic N) is 1. The van der Waals surface area contributed by atoms with Crippen LogP contribution in [0, 0.1) is 11.8 Å². The molecule has 21 N–H and O–H groups in total. The van der Waals surface area contributed by atoms with Gasteiger partial charge < -0.3 is 91.0 Å². The fraction of sp³-hybridized carbons (Fsp3) is 0.612. The summed E-state index contributed by atoms with van der Waals surface area (Å²) in [5, 5.41) is 66.7. The molecule has 0 radical (unpaired) electrons. The maximum atomic E-state index is 14.5. The normalized spacial score (nSPS) is 14.0. The molecule has 30 nitrogen and oxygen atoms in total. The van der Waals surface area contributed by atoms with Crippen LogP contribution in [0.4, 0.5) is 0 Å². The number of aromatic hydroxyl groups is 1. The molecule has 8 atom stereocenters. The Morgan fingerprint density at radius 3 is 1.43 bits per heavy atom. The molecule has 30 heteroatoms. The lowest BCUT2D eigenvalue weighted by Crippen LogP contribution is -2.60. The Labute approximate surface area is 456 Å². The number of nitrogens with two attached hydrogens (primary N) is 4. The van der Waals surface area contributed by atoms with Crippen LogP contribution in [0.2, 0.25) is 0 Å². The minimum atomic E-state index is -1.86. The minimum Gasteiger partial charge on any atom is -0.508 e. The molecule has 0 aromatic heterocycles. The van der Waals surface area contributed by atoms with Crippen LogP contribution in [0.5, 0.6) is 5.75 Å². The van der Waals surface area contributed by atoms with E-state index in [1.54, 1.807) is 27.7 Å². The number of aliphatic carboxylic acids is 4. The summed E-state index contributed by atoms with van der Waals surface area (Å²) in [6, 6.07) is -6.55. The Hall–Kier alpha value is -8.15. The van der Waals surface area contributed by atoms with Crippen molar-refractivity contribution >= 4 is 77.1 Å². The number of aliphatic imine (C=N–C) groups is 1. The second-order valence-corrected chi connectivity index (χ2v) is 19.5.